The summed E-state index contributed by atoms with van der Waals surface area (Å²) in [5.41, 5.74) is 2.38. The second kappa shape index (κ2) is 19.3. The fraction of sp³-hybridized carbons (Fsp3) is 0.345. The molecule has 1 aliphatic rings. The first kappa shape index (κ1) is 41.8. The predicted molar refractivity (Wildman–Crippen MR) is 147 cm³/mol. The fourth-order valence-electron chi connectivity index (χ4n) is 3.56. The van der Waals surface area contributed by atoms with Crippen molar-refractivity contribution in [1.82, 2.24) is 9.55 Å². The van der Waals surface area contributed by atoms with Gasteiger partial charge in [0.2, 0.25) is 6.16 Å². The molecule has 0 bridgehead atoms. The van der Waals surface area contributed by atoms with Crippen LogP contribution in [0.25, 0.3) is 21.8 Å². The molecule has 2 aromatic carbocycles. The Labute approximate surface area is 362 Å². The summed E-state index contributed by atoms with van der Waals surface area (Å²) < 4.78 is 16.2. The van der Waals surface area contributed by atoms with Crippen molar-refractivity contribution in [2.75, 3.05) is 20.8 Å². The van der Waals surface area contributed by atoms with Crippen molar-refractivity contribution >= 4 is 39.9 Å². The monoisotopic (exact) mass is 821 g/mol. The number of H-pyrrole nitrogens is 1. The van der Waals surface area contributed by atoms with Gasteiger partial charge in [0.25, 0.3) is 0 Å². The number of benzene rings is 2. The maximum Gasteiger partial charge on any atom is 1.00 e. The van der Waals surface area contributed by atoms with Gasteiger partial charge >= 0.3 is 150 Å². The summed E-state index contributed by atoms with van der Waals surface area (Å²) in [4.78, 5) is 34.4. The van der Waals surface area contributed by atoms with E-state index in [4.69, 9.17) is 24.5 Å². The quantitative estimate of drug-likeness (QED) is 0.154. The van der Waals surface area contributed by atoms with Crippen LogP contribution >= 0.6 is 0 Å². The van der Waals surface area contributed by atoms with Crippen LogP contribution in [-0.2, 0) is 20.8 Å². The number of carboxylic acid groups (broad SMARTS) is 2. The number of hydrogen-bond acceptors (Lipinski definition) is 8. The number of aliphatic hydroxyl groups is 1. The summed E-state index contributed by atoms with van der Waals surface area (Å²) >= 11 is 0. The Kier molecular flexibility index (Phi) is 19.2. The zero-order valence-corrected chi connectivity index (χ0v) is 37.9. The van der Waals surface area contributed by atoms with E-state index >= 15 is 0 Å². The Bertz CT molecular complexity index is 1450. The number of ether oxygens (including phenoxy) is 3. The van der Waals surface area contributed by atoms with E-state index in [0.29, 0.717) is 17.7 Å². The molecule has 3 N–H and O–H groups in total. The summed E-state index contributed by atoms with van der Waals surface area (Å²) in [5.74, 6) is -0.668. The van der Waals surface area contributed by atoms with Crippen LogP contribution in [0.2, 0.25) is 0 Å². The first-order valence-corrected chi connectivity index (χ1v) is 12.3. The molecule has 0 amide bonds. The summed E-state index contributed by atoms with van der Waals surface area (Å²) in [6.07, 6.45) is 1.31. The molecule has 216 valence electrons. The molecule has 1 saturated heterocycles. The number of nitrogens with zero attached hydrogens (tertiary/aromatic N) is 1. The van der Waals surface area contributed by atoms with Gasteiger partial charge in [-0.25, -0.2) is 9.59 Å². The van der Waals surface area contributed by atoms with Crippen LogP contribution in [0.4, 0.5) is 4.79 Å². The zero-order chi connectivity index (χ0) is 30.1. The van der Waals surface area contributed by atoms with Gasteiger partial charge in [0.1, 0.15) is 0 Å². The summed E-state index contributed by atoms with van der Waals surface area (Å²) in [5, 5.41) is 26.9. The Hall–Kier alpha value is -0.246. The van der Waals surface area contributed by atoms with Crippen molar-refractivity contribution in [1.29, 1.82) is 0 Å². The molecule has 13 heteroatoms. The van der Waals surface area contributed by atoms with E-state index in [2.05, 4.69) is 23.6 Å². The van der Waals surface area contributed by atoms with Crippen LogP contribution in [0.3, 0.4) is 0 Å². The third-order valence-electron chi connectivity index (χ3n) is 5.47. The van der Waals surface area contributed by atoms with E-state index in [1.54, 1.807) is 26.2 Å². The van der Waals surface area contributed by atoms with E-state index < -0.39 is 11.8 Å². The van der Waals surface area contributed by atoms with E-state index in [0.717, 1.165) is 28.4 Å². The number of epoxide rings is 1. The van der Waals surface area contributed by atoms with Crippen molar-refractivity contribution in [3.63, 3.8) is 0 Å². The number of fused-ring (bicyclic) bond motifs is 2. The molecule has 0 radical (unpaired) electrons. The van der Waals surface area contributed by atoms with Gasteiger partial charge < -0.3 is 43.9 Å². The molecular formula is C29H35Cs2N2O9+. The summed E-state index contributed by atoms with van der Waals surface area (Å²) in [7, 11) is 2.74. The SMILES string of the molecule is CC1(C)CO1.COC(=O)c1c[nH]c2ccccc12.COC(=O)c1cn(CC(C)(C)O)c2ccccc12.O=C([O-])O.[Cs+].[Cs+]. The van der Waals surface area contributed by atoms with Crippen LogP contribution in [0.5, 0.6) is 0 Å². The first-order valence-electron chi connectivity index (χ1n) is 12.3. The van der Waals surface area contributed by atoms with E-state index in [-0.39, 0.29) is 155 Å². The Morgan fingerprint density at radius 3 is 1.90 bits per heavy atom. The molecule has 0 aliphatic carbocycles. The molecule has 5 rings (SSSR count). The maximum absolute atomic E-state index is 11.7. The molecule has 0 spiro atoms. The molecule has 11 nitrogen and oxygen atoms in total. The normalized spacial score (nSPS) is 12.4. The minimum atomic E-state index is -2.08. The average Bonchev–Trinajstić information content (AvgIpc) is 3.27. The van der Waals surface area contributed by atoms with Crippen molar-refractivity contribution < 1.29 is 182 Å². The number of nitrogens with one attached hydrogen (secondary N) is 1. The van der Waals surface area contributed by atoms with E-state index in [1.807, 2.05) is 53.1 Å². The number of esters is 2. The number of hydrogen-bond donors (Lipinski definition) is 3. The topological polar surface area (TPSA) is 166 Å². The number of carbonyl (C=O) groups excluding carboxylic acids is 2. The van der Waals surface area contributed by atoms with E-state index in [1.165, 1.54) is 14.2 Å². The van der Waals surface area contributed by atoms with Gasteiger partial charge in [0, 0.05) is 34.2 Å². The van der Waals surface area contributed by atoms with Crippen molar-refractivity contribution in [3.05, 3.63) is 72.1 Å². The predicted octanol–water partition coefficient (Wildman–Crippen LogP) is -2.16. The van der Waals surface area contributed by atoms with Crippen LogP contribution in [0, 0.1) is 0 Å². The van der Waals surface area contributed by atoms with E-state index in [9.17, 15) is 14.7 Å². The van der Waals surface area contributed by atoms with Gasteiger partial charge in [0.15, 0.2) is 0 Å². The van der Waals surface area contributed by atoms with Gasteiger partial charge in [-0.05, 0) is 39.8 Å². The number of carbonyl (C=O) groups is 3. The van der Waals surface area contributed by atoms with Crippen LogP contribution < -0.4 is 143 Å². The largest absolute Gasteiger partial charge is 1.00 e. The van der Waals surface area contributed by atoms with Crippen LogP contribution in [0.15, 0.2) is 60.9 Å². The number of methoxy groups -OCH3 is 2. The molecule has 0 unspecified atom stereocenters. The van der Waals surface area contributed by atoms with Gasteiger partial charge in [-0.15, -0.1) is 0 Å². The van der Waals surface area contributed by atoms with Crippen LogP contribution in [-0.4, -0.2) is 69.9 Å². The average molecular weight is 821 g/mol. The third-order valence-corrected chi connectivity index (χ3v) is 5.47. The molecular weight excluding hydrogens is 786 g/mol. The number of aromatic nitrogens is 2. The molecule has 0 atom stereocenters. The third kappa shape index (κ3) is 14.2. The fourth-order valence-corrected chi connectivity index (χ4v) is 3.56. The Balaban J connectivity index is 0.000000610. The maximum atomic E-state index is 11.7. The number of aromatic amines is 1. The molecule has 0 saturated carbocycles. The number of rotatable bonds is 4. The molecule has 4 aromatic rings. The van der Waals surface area contributed by atoms with Crippen molar-refractivity contribution in [2.24, 2.45) is 0 Å². The van der Waals surface area contributed by atoms with Gasteiger partial charge in [0.05, 0.1) is 49.7 Å². The standard InChI is InChI=1S/C14H17NO3.C10H9NO2.C4H8O.CH2O3.2Cs/c1-14(2,17)9-15-8-11(13(16)18-3)10-6-4-5-7-12(10)15;1-13-10(12)8-6-11-9-5-3-2-4-7(8)9;1-4(2)3-5-4;2-1(3)4;;/h4-8,17H,9H2,1-3H3;2-6,11H,1H3;3H2,1-2H3;(H2,2,3,4);;/q;;;;2*+1/p-1. The second-order valence-electron chi connectivity index (χ2n) is 10.0. The van der Waals surface area contributed by atoms with Crippen molar-refractivity contribution in [2.45, 2.75) is 45.4 Å². The zero-order valence-electron chi connectivity index (χ0n) is 25.4. The number of para-hydroxylation sites is 2. The van der Waals surface area contributed by atoms with Gasteiger partial charge in [-0.1, -0.05) is 36.4 Å². The Morgan fingerprint density at radius 2 is 1.43 bits per heavy atom. The second-order valence-corrected chi connectivity index (χ2v) is 10.0. The smallest absolute Gasteiger partial charge is 0.565 e. The Morgan fingerprint density at radius 1 is 0.976 bits per heavy atom. The molecule has 1 fully saturated rings. The molecule has 42 heavy (non-hydrogen) atoms. The summed E-state index contributed by atoms with van der Waals surface area (Å²) in [6, 6.07) is 15.2. The molecule has 2 aromatic heterocycles. The minimum Gasteiger partial charge on any atom is -0.565 e. The molecule has 3 heterocycles. The van der Waals surface area contributed by atoms with Gasteiger partial charge in [-0.2, -0.15) is 0 Å². The van der Waals surface area contributed by atoms with Crippen molar-refractivity contribution in [3.8, 4) is 0 Å². The molecule has 1 aliphatic heterocycles. The van der Waals surface area contributed by atoms with Gasteiger partial charge in [-0.3, -0.25) is 0 Å². The minimum absolute atomic E-state index is 0. The summed E-state index contributed by atoms with van der Waals surface area (Å²) in [6.45, 7) is 9.00. The first-order chi connectivity index (χ1) is 18.7. The van der Waals surface area contributed by atoms with Crippen LogP contribution in [0.1, 0.15) is 48.4 Å².